The summed E-state index contributed by atoms with van der Waals surface area (Å²) in [5.74, 6) is -0.234. The van der Waals surface area contributed by atoms with Crippen molar-refractivity contribution in [1.29, 1.82) is 0 Å². The molecule has 0 unspecified atom stereocenters. The lowest BCUT2D eigenvalue weighted by molar-refractivity contribution is -0.141. The third-order valence-corrected chi connectivity index (χ3v) is 4.93. The third-order valence-electron chi connectivity index (χ3n) is 4.93. The summed E-state index contributed by atoms with van der Waals surface area (Å²) in [5, 5.41) is 20.6. The van der Waals surface area contributed by atoms with E-state index in [9.17, 15) is 15.0 Å². The normalized spacial score (nSPS) is 32.9. The molecule has 4 heteroatoms. The lowest BCUT2D eigenvalue weighted by Crippen LogP contribution is -2.27. The maximum Gasteiger partial charge on any atom is 0.306 e. The summed E-state index contributed by atoms with van der Waals surface area (Å²) in [6.07, 6.45) is 6.21. The number of carbonyl (C=O) groups is 1. The highest BCUT2D eigenvalue weighted by atomic mass is 16.6. The molecule has 0 bridgehead atoms. The molecule has 2 fully saturated rings. The Balaban J connectivity index is 2.01. The summed E-state index contributed by atoms with van der Waals surface area (Å²) < 4.78 is 5.22. The van der Waals surface area contributed by atoms with Crippen LogP contribution in [0.1, 0.15) is 47.0 Å². The number of hydrogen-bond acceptors (Lipinski definition) is 4. The van der Waals surface area contributed by atoms with E-state index < -0.39 is 12.2 Å². The molecule has 4 nitrogen and oxygen atoms in total. The van der Waals surface area contributed by atoms with Crippen molar-refractivity contribution in [2.45, 2.75) is 65.3 Å². The first-order valence-corrected chi connectivity index (χ1v) is 8.08. The molecule has 0 amide bonds. The Labute approximate surface area is 132 Å². The molecule has 0 spiro atoms. The van der Waals surface area contributed by atoms with Gasteiger partial charge in [-0.05, 0) is 25.7 Å². The molecule has 22 heavy (non-hydrogen) atoms. The SMILES string of the molecule is CC(C)=CCC(C)(C)[C@H](O)C=C[C@@H]1[C@H]2CC(=O)O[C@H]2C[C@H]1O. The van der Waals surface area contributed by atoms with Gasteiger partial charge in [0.2, 0.25) is 0 Å². The quantitative estimate of drug-likeness (QED) is 0.605. The van der Waals surface area contributed by atoms with Gasteiger partial charge in [-0.2, -0.15) is 0 Å². The second-order valence-corrected chi connectivity index (χ2v) is 7.58. The predicted octanol–water partition coefficient (Wildman–Crippen LogP) is 2.60. The molecule has 5 atom stereocenters. The first-order chi connectivity index (χ1) is 10.2. The predicted molar refractivity (Wildman–Crippen MR) is 85.1 cm³/mol. The highest BCUT2D eigenvalue weighted by Crippen LogP contribution is 2.42. The van der Waals surface area contributed by atoms with Crippen LogP contribution in [0.2, 0.25) is 0 Å². The highest BCUT2D eigenvalue weighted by Gasteiger charge is 2.48. The minimum absolute atomic E-state index is 0.0480. The largest absolute Gasteiger partial charge is 0.462 e. The lowest BCUT2D eigenvalue weighted by atomic mass is 9.81. The van der Waals surface area contributed by atoms with Crippen molar-refractivity contribution in [2.24, 2.45) is 17.3 Å². The van der Waals surface area contributed by atoms with Gasteiger partial charge in [0.25, 0.3) is 0 Å². The van der Waals surface area contributed by atoms with Gasteiger partial charge < -0.3 is 14.9 Å². The van der Waals surface area contributed by atoms with E-state index in [1.54, 1.807) is 6.08 Å². The minimum Gasteiger partial charge on any atom is -0.462 e. The van der Waals surface area contributed by atoms with E-state index in [4.69, 9.17) is 4.74 Å². The standard InChI is InChI=1S/C18H28O4/c1-11(2)7-8-18(3,4)16(20)6-5-12-13-9-17(21)22-15(13)10-14(12)19/h5-7,12-16,19-20H,8-10H2,1-4H3/t12-,13-,14-,15+,16-/m1/s1. The summed E-state index contributed by atoms with van der Waals surface area (Å²) >= 11 is 0. The summed E-state index contributed by atoms with van der Waals surface area (Å²) in [5.41, 5.74) is 0.971. The van der Waals surface area contributed by atoms with Gasteiger partial charge in [0.1, 0.15) is 6.10 Å². The van der Waals surface area contributed by atoms with E-state index >= 15 is 0 Å². The van der Waals surface area contributed by atoms with Crippen LogP contribution in [0.3, 0.4) is 0 Å². The molecule has 1 saturated carbocycles. The second kappa shape index (κ2) is 6.55. The van der Waals surface area contributed by atoms with E-state index in [0.717, 1.165) is 6.42 Å². The molecular formula is C18H28O4. The first-order valence-electron chi connectivity index (χ1n) is 8.08. The van der Waals surface area contributed by atoms with E-state index in [1.165, 1.54) is 5.57 Å². The number of rotatable bonds is 5. The fourth-order valence-electron chi connectivity index (χ4n) is 3.27. The maximum absolute atomic E-state index is 11.4. The molecule has 0 aromatic rings. The van der Waals surface area contributed by atoms with Gasteiger partial charge in [-0.15, -0.1) is 0 Å². The van der Waals surface area contributed by atoms with Gasteiger partial charge in [0.15, 0.2) is 0 Å². The molecule has 0 aromatic heterocycles. The van der Waals surface area contributed by atoms with Gasteiger partial charge in [-0.25, -0.2) is 0 Å². The van der Waals surface area contributed by atoms with Gasteiger partial charge in [0.05, 0.1) is 18.6 Å². The number of carbonyl (C=O) groups excluding carboxylic acids is 1. The number of esters is 1. The van der Waals surface area contributed by atoms with Gasteiger partial charge in [-0.1, -0.05) is 37.6 Å². The Bertz CT molecular complexity index is 473. The zero-order valence-corrected chi connectivity index (χ0v) is 14.0. The Morgan fingerprint density at radius 2 is 2.14 bits per heavy atom. The smallest absolute Gasteiger partial charge is 0.306 e. The molecule has 1 aliphatic carbocycles. The Morgan fingerprint density at radius 3 is 2.77 bits per heavy atom. The number of aliphatic hydroxyl groups is 2. The molecule has 124 valence electrons. The molecule has 2 rings (SSSR count). The van der Waals surface area contributed by atoms with Crippen molar-refractivity contribution in [3.8, 4) is 0 Å². The molecular weight excluding hydrogens is 280 g/mol. The highest BCUT2D eigenvalue weighted by molar-refractivity contribution is 5.72. The third kappa shape index (κ3) is 3.79. The van der Waals surface area contributed by atoms with E-state index in [-0.39, 0.29) is 29.3 Å². The summed E-state index contributed by atoms with van der Waals surface area (Å²) in [6.45, 7) is 8.14. The number of hydrogen-bond donors (Lipinski definition) is 2. The van der Waals surface area contributed by atoms with Crippen LogP contribution >= 0.6 is 0 Å². The van der Waals surface area contributed by atoms with Crippen LogP contribution in [-0.4, -0.2) is 34.5 Å². The van der Waals surface area contributed by atoms with Gasteiger partial charge in [-0.3, -0.25) is 4.79 Å². The van der Waals surface area contributed by atoms with Crippen molar-refractivity contribution < 1.29 is 19.7 Å². The zero-order valence-electron chi connectivity index (χ0n) is 14.0. The number of allylic oxidation sites excluding steroid dienone is 2. The fourth-order valence-corrected chi connectivity index (χ4v) is 3.27. The van der Waals surface area contributed by atoms with Crippen LogP contribution in [0.25, 0.3) is 0 Å². The molecule has 1 heterocycles. The second-order valence-electron chi connectivity index (χ2n) is 7.58. The number of fused-ring (bicyclic) bond motifs is 1. The molecule has 1 saturated heterocycles. The summed E-state index contributed by atoms with van der Waals surface area (Å²) in [6, 6.07) is 0. The van der Waals surface area contributed by atoms with Crippen LogP contribution in [0.15, 0.2) is 23.8 Å². The molecule has 0 radical (unpaired) electrons. The Morgan fingerprint density at radius 1 is 1.45 bits per heavy atom. The van der Waals surface area contributed by atoms with Crippen LogP contribution in [0.5, 0.6) is 0 Å². The van der Waals surface area contributed by atoms with E-state index in [0.29, 0.717) is 12.8 Å². The lowest BCUT2D eigenvalue weighted by Gasteiger charge is -2.28. The van der Waals surface area contributed by atoms with Gasteiger partial charge >= 0.3 is 5.97 Å². The first kappa shape index (κ1) is 17.2. The van der Waals surface area contributed by atoms with Crippen LogP contribution in [-0.2, 0) is 9.53 Å². The number of aliphatic hydroxyl groups excluding tert-OH is 2. The monoisotopic (exact) mass is 308 g/mol. The average Bonchev–Trinajstić information content (AvgIpc) is 2.89. The number of ether oxygens (including phenoxy) is 1. The van der Waals surface area contributed by atoms with E-state index in [2.05, 4.69) is 6.08 Å². The molecule has 1 aliphatic heterocycles. The summed E-state index contributed by atoms with van der Waals surface area (Å²) in [7, 11) is 0. The van der Waals surface area contributed by atoms with Crippen molar-refractivity contribution in [2.75, 3.05) is 0 Å². The maximum atomic E-state index is 11.4. The fraction of sp³-hybridized carbons (Fsp3) is 0.722. The zero-order chi connectivity index (χ0) is 16.5. The average molecular weight is 308 g/mol. The van der Waals surface area contributed by atoms with Crippen molar-refractivity contribution in [3.05, 3.63) is 23.8 Å². The molecule has 2 aliphatic rings. The Hall–Kier alpha value is -1.13. The Kier molecular flexibility index (Phi) is 5.13. The van der Waals surface area contributed by atoms with Gasteiger partial charge in [0, 0.05) is 18.3 Å². The topological polar surface area (TPSA) is 66.8 Å². The van der Waals surface area contributed by atoms with E-state index in [1.807, 2.05) is 33.8 Å². The molecule has 0 aromatic carbocycles. The van der Waals surface area contributed by atoms with Crippen LogP contribution < -0.4 is 0 Å². The van der Waals surface area contributed by atoms with Crippen LogP contribution in [0, 0.1) is 17.3 Å². The van der Waals surface area contributed by atoms with Crippen LogP contribution in [0.4, 0.5) is 0 Å². The van der Waals surface area contributed by atoms with Crippen molar-refractivity contribution in [3.63, 3.8) is 0 Å². The summed E-state index contributed by atoms with van der Waals surface area (Å²) in [4.78, 5) is 11.4. The minimum atomic E-state index is -0.590. The van der Waals surface area contributed by atoms with Crippen molar-refractivity contribution in [1.82, 2.24) is 0 Å². The molecule has 2 N–H and O–H groups in total. The van der Waals surface area contributed by atoms with Crippen molar-refractivity contribution >= 4 is 5.97 Å².